The minimum Gasteiger partial charge on any atom is -0.0619 e. The fraction of sp³-hybridized carbons (Fsp3) is 0.188. The SMILES string of the molecule is CCC1=C2C=CC3=CC=C(Cc4ccc5c(c4)Cc4ccccc4-5)C4=CC=C(C=C1)C2C34. The number of rotatable bonds is 3. The van der Waals surface area contributed by atoms with Gasteiger partial charge in [-0.1, -0.05) is 98.0 Å². The highest BCUT2D eigenvalue weighted by Crippen LogP contribution is 2.51. The first-order valence-electron chi connectivity index (χ1n) is 11.9. The summed E-state index contributed by atoms with van der Waals surface area (Å²) >= 11 is 0. The summed E-state index contributed by atoms with van der Waals surface area (Å²) in [6, 6.07) is 16.0. The highest BCUT2D eigenvalue weighted by atomic mass is 14.4. The van der Waals surface area contributed by atoms with Gasteiger partial charge in [0.2, 0.25) is 0 Å². The first-order valence-corrected chi connectivity index (χ1v) is 11.9. The van der Waals surface area contributed by atoms with Gasteiger partial charge in [0.05, 0.1) is 0 Å². The summed E-state index contributed by atoms with van der Waals surface area (Å²) in [4.78, 5) is 0. The zero-order chi connectivity index (χ0) is 21.2. The molecule has 0 heterocycles. The Kier molecular flexibility index (Phi) is 3.88. The highest BCUT2D eigenvalue weighted by molar-refractivity contribution is 5.77. The van der Waals surface area contributed by atoms with E-state index in [-0.39, 0.29) is 0 Å². The van der Waals surface area contributed by atoms with Gasteiger partial charge in [-0.15, -0.1) is 0 Å². The Morgan fingerprint density at radius 2 is 1.56 bits per heavy atom. The van der Waals surface area contributed by atoms with Gasteiger partial charge < -0.3 is 0 Å². The fourth-order valence-corrected chi connectivity index (χ4v) is 6.42. The maximum Gasteiger partial charge on any atom is 0.0202 e. The van der Waals surface area contributed by atoms with Crippen LogP contribution in [0.5, 0.6) is 0 Å². The van der Waals surface area contributed by atoms with E-state index in [1.807, 2.05) is 0 Å². The Bertz CT molecular complexity index is 1390. The minimum absolute atomic E-state index is 0.472. The van der Waals surface area contributed by atoms with Crippen LogP contribution in [0.2, 0.25) is 0 Å². The summed E-state index contributed by atoms with van der Waals surface area (Å²) in [6.45, 7) is 2.28. The van der Waals surface area contributed by atoms with E-state index in [2.05, 4.69) is 98.0 Å². The van der Waals surface area contributed by atoms with Crippen LogP contribution in [0.4, 0.5) is 0 Å². The number of benzene rings is 2. The number of allylic oxidation sites excluding steroid dienone is 14. The van der Waals surface area contributed by atoms with Gasteiger partial charge in [-0.25, -0.2) is 0 Å². The van der Waals surface area contributed by atoms with Gasteiger partial charge in [-0.05, 0) is 80.5 Å². The lowest BCUT2D eigenvalue weighted by atomic mass is 9.61. The smallest absolute Gasteiger partial charge is 0.0202 e. The van der Waals surface area contributed by atoms with Crippen molar-refractivity contribution in [3.63, 3.8) is 0 Å². The molecule has 0 aliphatic heterocycles. The molecule has 0 N–H and O–H groups in total. The Hall–Kier alpha value is -3.38. The normalized spacial score (nSPS) is 23.7. The average molecular weight is 411 g/mol. The molecule has 154 valence electrons. The van der Waals surface area contributed by atoms with Crippen molar-refractivity contribution in [2.24, 2.45) is 11.8 Å². The molecule has 0 nitrogen and oxygen atoms in total. The summed E-state index contributed by atoms with van der Waals surface area (Å²) in [5.74, 6) is 0.963. The van der Waals surface area contributed by atoms with E-state index in [4.69, 9.17) is 0 Å². The van der Waals surface area contributed by atoms with E-state index in [1.165, 1.54) is 61.3 Å². The molecule has 32 heavy (non-hydrogen) atoms. The van der Waals surface area contributed by atoms with Crippen molar-refractivity contribution in [1.82, 2.24) is 0 Å². The molecule has 5 aliphatic carbocycles. The molecule has 2 atom stereocenters. The predicted octanol–water partition coefficient (Wildman–Crippen LogP) is 7.61. The summed E-state index contributed by atoms with van der Waals surface area (Å²) in [5, 5.41) is 0. The Balaban J connectivity index is 1.25. The number of hydrogen-bond donors (Lipinski definition) is 0. The number of hydrogen-bond acceptors (Lipinski definition) is 0. The average Bonchev–Trinajstić information content (AvgIpc) is 3.21. The minimum atomic E-state index is 0.472. The van der Waals surface area contributed by atoms with Crippen LogP contribution in [0, 0.1) is 11.8 Å². The summed E-state index contributed by atoms with van der Waals surface area (Å²) in [6.07, 6.45) is 22.1. The second-order valence-electron chi connectivity index (χ2n) is 9.61. The Labute approximate surface area is 190 Å². The molecule has 5 aliphatic rings. The maximum absolute atomic E-state index is 2.45. The van der Waals surface area contributed by atoms with Crippen LogP contribution in [0.3, 0.4) is 0 Å². The standard InChI is InChI=1S/C32H26/c1-2-21-8-9-22-13-16-30-25(11-10-23-12-15-29(21)31(22)32(23)30)17-20-7-14-28-26(18-20)19-24-5-3-4-6-27(24)28/h3-16,18,31-32H,2,17,19H2,1H3. The summed E-state index contributed by atoms with van der Waals surface area (Å²) < 4.78 is 0. The second kappa shape index (κ2) is 6.81. The fourth-order valence-electron chi connectivity index (χ4n) is 6.42. The maximum atomic E-state index is 2.45. The molecule has 2 aromatic rings. The van der Waals surface area contributed by atoms with Gasteiger partial charge in [-0.3, -0.25) is 0 Å². The van der Waals surface area contributed by atoms with E-state index < -0.39 is 0 Å². The highest BCUT2D eigenvalue weighted by Gasteiger charge is 2.39. The van der Waals surface area contributed by atoms with Crippen molar-refractivity contribution < 1.29 is 0 Å². The molecule has 0 bridgehead atoms. The lowest BCUT2D eigenvalue weighted by molar-refractivity contribution is 0.550. The van der Waals surface area contributed by atoms with Gasteiger partial charge in [0, 0.05) is 11.8 Å². The van der Waals surface area contributed by atoms with Gasteiger partial charge in [0.1, 0.15) is 0 Å². The van der Waals surface area contributed by atoms with Crippen LogP contribution in [0.1, 0.15) is 30.0 Å². The Morgan fingerprint density at radius 1 is 0.750 bits per heavy atom. The molecule has 2 unspecified atom stereocenters. The van der Waals surface area contributed by atoms with Gasteiger partial charge in [0.15, 0.2) is 0 Å². The topological polar surface area (TPSA) is 0 Å². The van der Waals surface area contributed by atoms with E-state index in [9.17, 15) is 0 Å². The van der Waals surface area contributed by atoms with Gasteiger partial charge in [0.25, 0.3) is 0 Å². The summed E-state index contributed by atoms with van der Waals surface area (Å²) in [5.41, 5.74) is 16.2. The van der Waals surface area contributed by atoms with Crippen LogP contribution in [-0.4, -0.2) is 0 Å². The molecule has 7 rings (SSSR count). The molecule has 2 aromatic carbocycles. The van der Waals surface area contributed by atoms with Crippen LogP contribution >= 0.6 is 0 Å². The largest absolute Gasteiger partial charge is 0.0619 e. The molecule has 0 fully saturated rings. The number of fused-ring (bicyclic) bond motifs is 3. The molecule has 0 amide bonds. The molecule has 0 aromatic heterocycles. The summed E-state index contributed by atoms with van der Waals surface area (Å²) in [7, 11) is 0. The molecule has 0 heteroatoms. The lowest BCUT2D eigenvalue weighted by Gasteiger charge is -2.42. The zero-order valence-electron chi connectivity index (χ0n) is 18.4. The first-order chi connectivity index (χ1) is 15.8. The van der Waals surface area contributed by atoms with Crippen molar-refractivity contribution in [3.8, 4) is 11.1 Å². The van der Waals surface area contributed by atoms with Gasteiger partial charge in [-0.2, -0.15) is 0 Å². The van der Waals surface area contributed by atoms with Crippen LogP contribution in [0.15, 0.2) is 125 Å². The van der Waals surface area contributed by atoms with Crippen molar-refractivity contribution in [1.29, 1.82) is 0 Å². The van der Waals surface area contributed by atoms with E-state index in [0.717, 1.165) is 19.3 Å². The van der Waals surface area contributed by atoms with Gasteiger partial charge >= 0.3 is 0 Å². The molecular weight excluding hydrogens is 384 g/mol. The van der Waals surface area contributed by atoms with E-state index in [1.54, 1.807) is 0 Å². The molecule has 0 saturated heterocycles. The van der Waals surface area contributed by atoms with Crippen molar-refractivity contribution >= 4 is 0 Å². The monoisotopic (exact) mass is 410 g/mol. The predicted molar refractivity (Wildman–Crippen MR) is 133 cm³/mol. The van der Waals surface area contributed by atoms with Crippen LogP contribution in [0.25, 0.3) is 11.1 Å². The van der Waals surface area contributed by atoms with Crippen molar-refractivity contribution in [3.05, 3.63) is 141 Å². The third kappa shape index (κ3) is 2.56. The van der Waals surface area contributed by atoms with E-state index in [0.29, 0.717) is 11.8 Å². The third-order valence-corrected chi connectivity index (χ3v) is 7.96. The van der Waals surface area contributed by atoms with Crippen molar-refractivity contribution in [2.45, 2.75) is 26.2 Å². The Morgan fingerprint density at radius 3 is 2.50 bits per heavy atom. The zero-order valence-corrected chi connectivity index (χ0v) is 18.4. The third-order valence-electron chi connectivity index (χ3n) is 7.96. The molecule has 0 radical (unpaired) electrons. The van der Waals surface area contributed by atoms with Crippen LogP contribution < -0.4 is 0 Å². The quantitative estimate of drug-likeness (QED) is 0.417. The van der Waals surface area contributed by atoms with Crippen LogP contribution in [-0.2, 0) is 12.8 Å². The molecule has 0 spiro atoms. The van der Waals surface area contributed by atoms with E-state index >= 15 is 0 Å². The lowest BCUT2D eigenvalue weighted by Crippen LogP contribution is -2.30. The first kappa shape index (κ1) is 18.2. The van der Waals surface area contributed by atoms with Crippen molar-refractivity contribution in [2.75, 3.05) is 0 Å². The second-order valence-corrected chi connectivity index (χ2v) is 9.61. The molecular formula is C32H26. The molecule has 0 saturated carbocycles.